The molecule has 2 amide bonds. The Bertz CT molecular complexity index is 1060. The van der Waals surface area contributed by atoms with E-state index in [1.807, 2.05) is 85.4 Å². The normalized spacial score (nSPS) is 17.8. The molecule has 1 aliphatic heterocycles. The van der Waals surface area contributed by atoms with Crippen LogP contribution in [0.4, 0.5) is 5.69 Å². The van der Waals surface area contributed by atoms with Crippen molar-refractivity contribution < 1.29 is 38.1 Å². The van der Waals surface area contributed by atoms with E-state index in [1.54, 1.807) is 16.2 Å². The Hall–Kier alpha value is -2.26. The van der Waals surface area contributed by atoms with Crippen LogP contribution in [0.25, 0.3) is 0 Å². The number of anilines is 1. The number of amides is 2. The van der Waals surface area contributed by atoms with Crippen LogP contribution in [-0.2, 0) is 28.2 Å². The highest BCUT2D eigenvalue weighted by atomic mass is 127. The zero-order chi connectivity index (χ0) is 20.6. The fourth-order valence-corrected chi connectivity index (χ4v) is 4.66. The van der Waals surface area contributed by atoms with Gasteiger partial charge in [0, 0.05) is 22.7 Å². The number of benzene rings is 1. The van der Waals surface area contributed by atoms with Gasteiger partial charge in [-0.3, -0.25) is 9.59 Å². The minimum Gasteiger partial charge on any atom is -1.00 e. The van der Waals surface area contributed by atoms with E-state index >= 15 is 0 Å². The molecule has 156 valence electrons. The van der Waals surface area contributed by atoms with Crippen LogP contribution in [0.15, 0.2) is 60.1 Å². The topological polar surface area (TPSA) is 53.3 Å². The molecule has 0 saturated carbocycles. The first-order chi connectivity index (χ1) is 13.9. The van der Waals surface area contributed by atoms with Crippen molar-refractivity contribution in [2.45, 2.75) is 39.4 Å². The molecule has 30 heavy (non-hydrogen) atoms. The number of carbonyl (C=O) groups excluding carboxylic acids is 2. The summed E-state index contributed by atoms with van der Waals surface area (Å²) < 4.78 is 1.87. The Morgan fingerprint density at radius 2 is 1.87 bits per heavy atom. The van der Waals surface area contributed by atoms with E-state index < -0.39 is 5.54 Å². The number of halogens is 1. The van der Waals surface area contributed by atoms with Gasteiger partial charge in [0.05, 0.1) is 6.54 Å². The van der Waals surface area contributed by atoms with Gasteiger partial charge in [0.25, 0.3) is 11.8 Å². The molecule has 0 radical (unpaired) electrons. The molecule has 1 aromatic carbocycles. The predicted molar refractivity (Wildman–Crippen MR) is 113 cm³/mol. The third kappa shape index (κ3) is 3.88. The van der Waals surface area contributed by atoms with Crippen LogP contribution in [0.2, 0.25) is 0 Å². The minimum absolute atomic E-state index is 0. The Morgan fingerprint density at radius 3 is 2.53 bits per heavy atom. The van der Waals surface area contributed by atoms with E-state index in [4.69, 9.17) is 0 Å². The third-order valence-electron chi connectivity index (χ3n) is 5.64. The van der Waals surface area contributed by atoms with Gasteiger partial charge >= 0.3 is 0 Å². The van der Waals surface area contributed by atoms with Gasteiger partial charge in [-0.05, 0) is 43.3 Å². The number of rotatable bonds is 4. The van der Waals surface area contributed by atoms with E-state index in [0.717, 1.165) is 27.4 Å². The number of nitrogens with zero attached hydrogens (tertiary/aromatic N) is 2. The number of carbonyl (C=O) groups is 2. The predicted octanol–water partition coefficient (Wildman–Crippen LogP) is 0.553. The molecular weight excluding hydrogens is 509 g/mol. The van der Waals surface area contributed by atoms with Crippen molar-refractivity contribution in [2.24, 2.45) is 0 Å². The Labute approximate surface area is 197 Å². The van der Waals surface area contributed by atoms with Gasteiger partial charge in [0.15, 0.2) is 6.20 Å². The van der Waals surface area contributed by atoms with Crippen LogP contribution in [0.5, 0.6) is 0 Å². The molecule has 1 N–H and O–H groups in total. The molecule has 3 heterocycles. The second-order valence-corrected chi connectivity index (χ2v) is 8.60. The molecule has 7 heteroatoms. The number of pyridine rings is 1. The highest BCUT2D eigenvalue weighted by Crippen LogP contribution is 2.34. The van der Waals surface area contributed by atoms with Crippen molar-refractivity contribution in [3.8, 4) is 0 Å². The van der Waals surface area contributed by atoms with Gasteiger partial charge in [0.1, 0.15) is 0 Å². The quantitative estimate of drug-likeness (QED) is 0.394. The molecule has 0 bridgehead atoms. The number of aromatic nitrogens is 1. The minimum atomic E-state index is -1.13. The van der Waals surface area contributed by atoms with Gasteiger partial charge in [-0.2, -0.15) is 4.57 Å². The fourth-order valence-electron chi connectivity index (χ4n) is 3.97. The second kappa shape index (κ2) is 8.85. The number of para-hydroxylation sites is 1. The van der Waals surface area contributed by atoms with E-state index in [1.165, 1.54) is 0 Å². The van der Waals surface area contributed by atoms with Crippen LogP contribution in [0, 0.1) is 13.8 Å². The molecule has 0 spiro atoms. The van der Waals surface area contributed by atoms with Crippen molar-refractivity contribution in [1.29, 1.82) is 0 Å². The van der Waals surface area contributed by atoms with Crippen LogP contribution < -0.4 is 33.9 Å². The summed E-state index contributed by atoms with van der Waals surface area (Å²) in [5.74, 6) is -0.277. The Kier molecular flexibility index (Phi) is 6.62. The first-order valence-electron chi connectivity index (χ1n) is 9.60. The summed E-state index contributed by atoms with van der Waals surface area (Å²) in [5, 5.41) is 5.10. The highest BCUT2D eigenvalue weighted by molar-refractivity contribution is 7.09. The van der Waals surface area contributed by atoms with E-state index in [9.17, 15) is 9.59 Å². The van der Waals surface area contributed by atoms with Gasteiger partial charge in [-0.25, -0.2) is 0 Å². The van der Waals surface area contributed by atoms with E-state index in [-0.39, 0.29) is 42.3 Å². The van der Waals surface area contributed by atoms with E-state index in [0.29, 0.717) is 6.54 Å². The summed E-state index contributed by atoms with van der Waals surface area (Å²) in [6.45, 7) is 6.43. The lowest BCUT2D eigenvalue weighted by Gasteiger charge is -2.40. The summed E-state index contributed by atoms with van der Waals surface area (Å²) >= 11 is 1.59. The van der Waals surface area contributed by atoms with Crippen LogP contribution in [0.1, 0.15) is 28.6 Å². The van der Waals surface area contributed by atoms with Crippen molar-refractivity contribution in [3.63, 3.8) is 0 Å². The average Bonchev–Trinajstić information content (AvgIpc) is 3.21. The maximum absolute atomic E-state index is 13.7. The van der Waals surface area contributed by atoms with E-state index in [2.05, 4.69) is 5.32 Å². The zero-order valence-electron chi connectivity index (χ0n) is 17.2. The monoisotopic (exact) mass is 533 g/mol. The van der Waals surface area contributed by atoms with Crippen molar-refractivity contribution in [1.82, 2.24) is 4.90 Å². The first kappa shape index (κ1) is 22.4. The summed E-state index contributed by atoms with van der Waals surface area (Å²) in [6, 6.07) is 15.6. The highest BCUT2D eigenvalue weighted by Gasteiger charge is 2.53. The number of hydrogen-bond acceptors (Lipinski definition) is 3. The smallest absolute Gasteiger partial charge is 0.290 e. The molecule has 0 saturated heterocycles. The molecule has 5 nitrogen and oxygen atoms in total. The Balaban J connectivity index is 0.00000256. The summed E-state index contributed by atoms with van der Waals surface area (Å²) in [7, 11) is 0. The lowest BCUT2D eigenvalue weighted by molar-refractivity contribution is -0.702. The second-order valence-electron chi connectivity index (χ2n) is 7.57. The maximum Gasteiger partial charge on any atom is 0.290 e. The molecule has 0 aliphatic carbocycles. The zero-order valence-corrected chi connectivity index (χ0v) is 20.2. The largest absolute Gasteiger partial charge is 1.00 e. The van der Waals surface area contributed by atoms with Gasteiger partial charge < -0.3 is 34.2 Å². The summed E-state index contributed by atoms with van der Waals surface area (Å²) in [6.07, 6.45) is 1.86. The first-order valence-corrected chi connectivity index (χ1v) is 10.5. The third-order valence-corrected chi connectivity index (χ3v) is 6.50. The summed E-state index contributed by atoms with van der Waals surface area (Å²) in [5.41, 5.74) is 2.47. The van der Waals surface area contributed by atoms with Crippen molar-refractivity contribution >= 4 is 28.8 Å². The number of nitrogens with one attached hydrogen (secondary N) is 1. The number of fused-ring (bicyclic) bond motifs is 1. The molecule has 4 rings (SSSR count). The fraction of sp³-hybridized carbons (Fsp3) is 0.261. The van der Waals surface area contributed by atoms with Crippen molar-refractivity contribution in [2.75, 3.05) is 5.32 Å². The molecule has 0 fully saturated rings. The lowest BCUT2D eigenvalue weighted by atomic mass is 9.89. The molecular formula is C23H24IN3O2S. The number of hydrogen-bond donors (Lipinski definition) is 1. The maximum atomic E-state index is 13.7. The summed E-state index contributed by atoms with van der Waals surface area (Å²) in [4.78, 5) is 29.6. The molecule has 1 atom stereocenters. The van der Waals surface area contributed by atoms with Crippen LogP contribution in [0.3, 0.4) is 0 Å². The van der Waals surface area contributed by atoms with Gasteiger partial charge in [-0.1, -0.05) is 30.3 Å². The molecule has 1 aliphatic rings. The number of thiophene rings is 1. The van der Waals surface area contributed by atoms with Gasteiger partial charge in [0.2, 0.25) is 17.8 Å². The molecule has 3 aromatic rings. The molecule has 2 aromatic heterocycles. The average molecular weight is 533 g/mol. The molecule has 1 unspecified atom stereocenters. The van der Waals surface area contributed by atoms with Crippen LogP contribution in [-0.4, -0.2) is 16.7 Å². The van der Waals surface area contributed by atoms with Crippen LogP contribution >= 0.6 is 11.3 Å². The van der Waals surface area contributed by atoms with Gasteiger partial charge in [-0.15, -0.1) is 11.3 Å². The standard InChI is InChI=1S/C23H23N3O2S.HI/c1-16-8-6-9-17(2)21(16)24-22(28)23(3)19-11-4-5-12-25(19)15-20(27)26(23)14-18-10-7-13-29-18;/h4-13H,14-15H2,1-3H3;1H. The lowest BCUT2D eigenvalue weighted by Crippen LogP contribution is -3.00. The number of aryl methyl sites for hydroxylation is 2. The Morgan fingerprint density at radius 1 is 1.13 bits per heavy atom. The SMILES string of the molecule is Cc1cccc(C)c1NC(=O)C1(C)c2cccc[n+]2CC(=O)N1Cc1cccs1.[I-]. The van der Waals surface area contributed by atoms with Crippen molar-refractivity contribution in [3.05, 3.63) is 81.8 Å².